The summed E-state index contributed by atoms with van der Waals surface area (Å²) in [6, 6.07) is 16.1. The molecule has 8 nitrogen and oxygen atoms in total. The number of nitrogens with one attached hydrogen (secondary N) is 1. The summed E-state index contributed by atoms with van der Waals surface area (Å²) in [5.74, 6) is -0.138. The van der Waals surface area contributed by atoms with E-state index in [2.05, 4.69) is 27.2 Å². The molecule has 2 aromatic carbocycles. The first-order valence-electron chi connectivity index (χ1n) is 11.7. The molecule has 0 saturated carbocycles. The third kappa shape index (κ3) is 5.24. The topological polar surface area (TPSA) is 91.1 Å². The molecule has 1 saturated heterocycles. The van der Waals surface area contributed by atoms with Crippen LogP contribution in [0.25, 0.3) is 0 Å². The Morgan fingerprint density at radius 2 is 1.82 bits per heavy atom. The molecule has 8 heteroatoms. The molecule has 0 radical (unpaired) electrons. The Bertz CT molecular complexity index is 1060. The van der Waals surface area contributed by atoms with Crippen LogP contribution in [0, 0.1) is 10.1 Å². The third-order valence-electron chi connectivity index (χ3n) is 6.67. The molecule has 4 rings (SSSR count). The maximum Gasteiger partial charge on any atom is 0.280 e. The molecule has 2 aliphatic rings. The number of nitrogens with zero attached hydrogens (tertiary/aromatic N) is 4. The Labute approximate surface area is 200 Å². The highest BCUT2D eigenvalue weighted by Crippen LogP contribution is 2.31. The normalized spacial score (nSPS) is 23.0. The lowest BCUT2D eigenvalue weighted by atomic mass is 9.88. The van der Waals surface area contributed by atoms with Gasteiger partial charge in [-0.1, -0.05) is 42.5 Å². The lowest BCUT2D eigenvalue weighted by Crippen LogP contribution is -2.52. The molecular weight excluding hydrogens is 430 g/mol. The predicted molar refractivity (Wildman–Crippen MR) is 134 cm³/mol. The number of anilines is 1. The Hall–Kier alpha value is -3.36. The van der Waals surface area contributed by atoms with E-state index in [0.717, 1.165) is 32.7 Å². The van der Waals surface area contributed by atoms with Crippen molar-refractivity contribution in [1.29, 1.82) is 0 Å². The highest BCUT2D eigenvalue weighted by atomic mass is 16.6. The first kappa shape index (κ1) is 23.8. The molecule has 2 heterocycles. The summed E-state index contributed by atoms with van der Waals surface area (Å²) in [5.41, 5.74) is 0.188. The average molecular weight is 462 g/mol. The fraction of sp³-hybridized carbons (Fsp3) is 0.385. The van der Waals surface area contributed by atoms with Crippen LogP contribution in [0.5, 0.6) is 0 Å². The van der Waals surface area contributed by atoms with Crippen molar-refractivity contribution in [3.63, 3.8) is 0 Å². The molecule has 0 amide bonds. The maximum atomic E-state index is 13.1. The fourth-order valence-corrected chi connectivity index (χ4v) is 4.56. The first-order chi connectivity index (χ1) is 16.5. The molecule has 2 atom stereocenters. The van der Waals surface area contributed by atoms with Gasteiger partial charge in [-0.05, 0) is 44.3 Å². The minimum absolute atomic E-state index is 0.138. The number of ketones is 1. The monoisotopic (exact) mass is 461 g/mol. The first-order valence-corrected chi connectivity index (χ1v) is 11.7. The highest BCUT2D eigenvalue weighted by molar-refractivity contribution is 6.12. The number of hydrogen-bond acceptors (Lipinski definition) is 7. The van der Waals surface area contributed by atoms with E-state index >= 15 is 0 Å². The Morgan fingerprint density at radius 1 is 1.12 bits per heavy atom. The average Bonchev–Trinajstić information content (AvgIpc) is 2.86. The standard InChI is InChI=1S/C26H31N5O3/c1-29-17-19-30(20-18-29)16-8-14-26(31(33)34)13-7-15-27-25(26)28-23-12-6-5-11-22(23)24(32)21-9-3-2-4-10-21/h2-7,9-13,15,25,28H,8,14,16-20H2,1H3. The van der Waals surface area contributed by atoms with E-state index in [-0.39, 0.29) is 10.7 Å². The fourth-order valence-electron chi connectivity index (χ4n) is 4.56. The van der Waals surface area contributed by atoms with Gasteiger partial charge in [-0.3, -0.25) is 19.9 Å². The minimum atomic E-state index is -1.38. The second-order valence-corrected chi connectivity index (χ2v) is 8.94. The molecule has 0 spiro atoms. The van der Waals surface area contributed by atoms with Crippen LogP contribution >= 0.6 is 0 Å². The van der Waals surface area contributed by atoms with Crippen molar-refractivity contribution in [2.75, 3.05) is 45.1 Å². The molecule has 2 aliphatic heterocycles. The van der Waals surface area contributed by atoms with Crippen LogP contribution in [0.2, 0.25) is 0 Å². The summed E-state index contributed by atoms with van der Waals surface area (Å²) in [5, 5.41) is 15.6. The Kier molecular flexibility index (Phi) is 7.49. The molecule has 2 aromatic rings. The quantitative estimate of drug-likeness (QED) is 0.350. The SMILES string of the molecule is CN1CCN(CCCC2([N+](=O)[O-])C=CC=NC2Nc2ccccc2C(=O)c2ccccc2)CC1. The van der Waals surface area contributed by atoms with E-state index < -0.39 is 11.7 Å². The summed E-state index contributed by atoms with van der Waals surface area (Å²) in [6.45, 7) is 4.80. The summed E-state index contributed by atoms with van der Waals surface area (Å²) in [4.78, 5) is 34.4. The molecular formula is C26H31N5O3. The van der Waals surface area contributed by atoms with Gasteiger partial charge in [0.25, 0.3) is 5.54 Å². The lowest BCUT2D eigenvalue weighted by Gasteiger charge is -2.34. The Morgan fingerprint density at radius 3 is 2.56 bits per heavy atom. The van der Waals surface area contributed by atoms with Crippen molar-refractivity contribution in [2.45, 2.75) is 24.5 Å². The molecule has 2 unspecified atom stereocenters. The summed E-state index contributed by atoms with van der Waals surface area (Å²) in [7, 11) is 2.11. The van der Waals surface area contributed by atoms with Gasteiger partial charge in [0.15, 0.2) is 11.9 Å². The predicted octanol–water partition coefficient (Wildman–Crippen LogP) is 3.34. The van der Waals surface area contributed by atoms with E-state index in [1.165, 1.54) is 0 Å². The van der Waals surface area contributed by atoms with E-state index in [9.17, 15) is 14.9 Å². The number of aliphatic imine (C=N–C) groups is 1. The van der Waals surface area contributed by atoms with Gasteiger partial charge in [0, 0.05) is 60.6 Å². The smallest absolute Gasteiger partial charge is 0.280 e. The summed E-state index contributed by atoms with van der Waals surface area (Å²) < 4.78 is 0. The second-order valence-electron chi connectivity index (χ2n) is 8.94. The van der Waals surface area contributed by atoms with Crippen molar-refractivity contribution < 1.29 is 9.72 Å². The maximum absolute atomic E-state index is 13.1. The van der Waals surface area contributed by atoms with Gasteiger partial charge in [-0.2, -0.15) is 0 Å². The van der Waals surface area contributed by atoms with Crippen LogP contribution in [-0.4, -0.2) is 78.2 Å². The Balaban J connectivity index is 1.52. The zero-order valence-electron chi connectivity index (χ0n) is 19.5. The van der Waals surface area contributed by atoms with Gasteiger partial charge in [-0.15, -0.1) is 0 Å². The number of para-hydroxylation sites is 1. The van der Waals surface area contributed by atoms with Crippen LogP contribution < -0.4 is 5.32 Å². The van der Waals surface area contributed by atoms with Crippen LogP contribution in [0.1, 0.15) is 28.8 Å². The third-order valence-corrected chi connectivity index (χ3v) is 6.67. The van der Waals surface area contributed by atoms with Gasteiger partial charge < -0.3 is 15.1 Å². The van der Waals surface area contributed by atoms with E-state index in [1.807, 2.05) is 24.3 Å². The minimum Gasteiger partial charge on any atom is -0.357 e. The zero-order chi connectivity index (χ0) is 24.0. The number of carbonyl (C=O) groups is 1. The van der Waals surface area contributed by atoms with E-state index in [4.69, 9.17) is 0 Å². The van der Waals surface area contributed by atoms with Crippen molar-refractivity contribution >= 4 is 17.7 Å². The van der Waals surface area contributed by atoms with Gasteiger partial charge in [0.1, 0.15) is 0 Å². The van der Waals surface area contributed by atoms with Crippen molar-refractivity contribution in [3.8, 4) is 0 Å². The lowest BCUT2D eigenvalue weighted by molar-refractivity contribution is -0.558. The summed E-state index contributed by atoms with van der Waals surface area (Å²) >= 11 is 0. The molecule has 34 heavy (non-hydrogen) atoms. The highest BCUT2D eigenvalue weighted by Gasteiger charge is 2.49. The number of nitro groups is 1. The number of benzene rings is 2. The number of dihydropyridines is 1. The van der Waals surface area contributed by atoms with Gasteiger partial charge >= 0.3 is 0 Å². The van der Waals surface area contributed by atoms with Crippen molar-refractivity contribution in [3.05, 3.63) is 88.0 Å². The number of rotatable bonds is 9. The molecule has 1 fully saturated rings. The number of allylic oxidation sites excluding steroid dienone is 1. The molecule has 178 valence electrons. The van der Waals surface area contributed by atoms with E-state index in [1.54, 1.807) is 48.7 Å². The zero-order valence-corrected chi connectivity index (χ0v) is 19.5. The van der Waals surface area contributed by atoms with Gasteiger partial charge in [0.05, 0.1) is 0 Å². The largest absolute Gasteiger partial charge is 0.357 e. The number of piperazine rings is 1. The van der Waals surface area contributed by atoms with Crippen molar-refractivity contribution in [2.24, 2.45) is 4.99 Å². The van der Waals surface area contributed by atoms with Crippen LogP contribution in [0.3, 0.4) is 0 Å². The molecule has 1 N–H and O–H groups in total. The van der Waals surface area contributed by atoms with Crippen LogP contribution in [0.15, 0.2) is 71.7 Å². The van der Waals surface area contributed by atoms with Crippen LogP contribution in [0.4, 0.5) is 5.69 Å². The van der Waals surface area contributed by atoms with Crippen molar-refractivity contribution in [1.82, 2.24) is 9.80 Å². The molecule has 0 aromatic heterocycles. The van der Waals surface area contributed by atoms with E-state index in [0.29, 0.717) is 29.7 Å². The number of hydrogen-bond donors (Lipinski definition) is 1. The van der Waals surface area contributed by atoms with Gasteiger partial charge in [-0.25, -0.2) is 0 Å². The number of carbonyl (C=O) groups excluding carboxylic acids is 1. The summed E-state index contributed by atoms with van der Waals surface area (Å²) in [6.07, 6.45) is 5.10. The second kappa shape index (κ2) is 10.7. The molecule has 0 bridgehead atoms. The van der Waals surface area contributed by atoms with Gasteiger partial charge in [0.2, 0.25) is 0 Å². The molecule has 0 aliphatic carbocycles. The van der Waals surface area contributed by atoms with Crippen LogP contribution in [-0.2, 0) is 0 Å². The number of likely N-dealkylation sites (N-methyl/N-ethyl adjacent to an activating group) is 1.